The Morgan fingerprint density at radius 2 is 1.32 bits per heavy atom. The molecule has 2 heterocycles. The highest BCUT2D eigenvalue weighted by atomic mass is 15.3. The van der Waals surface area contributed by atoms with Crippen molar-refractivity contribution in [1.29, 1.82) is 0 Å². The van der Waals surface area contributed by atoms with Crippen LogP contribution in [0.4, 0.5) is 0 Å². The summed E-state index contributed by atoms with van der Waals surface area (Å²) >= 11 is 0. The third-order valence-electron chi connectivity index (χ3n) is 6.80. The molecule has 0 N–H and O–H groups in total. The van der Waals surface area contributed by atoms with Crippen LogP contribution in [-0.4, -0.2) is 73.1 Å². The van der Waals surface area contributed by atoms with Crippen LogP contribution in [0.5, 0.6) is 0 Å². The van der Waals surface area contributed by atoms with E-state index in [2.05, 4.69) is 28.5 Å². The average molecular weight is 308 g/mol. The van der Waals surface area contributed by atoms with Crippen molar-refractivity contribution in [3.8, 4) is 0 Å². The summed E-state index contributed by atoms with van der Waals surface area (Å²) in [7, 11) is 0. The van der Waals surface area contributed by atoms with Crippen LogP contribution in [0.2, 0.25) is 0 Å². The summed E-state index contributed by atoms with van der Waals surface area (Å²) in [5, 5.41) is 0. The molecule has 3 heteroatoms. The van der Waals surface area contributed by atoms with Gasteiger partial charge in [0.05, 0.1) is 0 Å². The maximum atomic E-state index is 2.83. The van der Waals surface area contributed by atoms with Crippen LogP contribution in [0, 0.1) is 11.8 Å². The van der Waals surface area contributed by atoms with E-state index in [1.54, 1.807) is 0 Å². The van der Waals surface area contributed by atoms with Gasteiger partial charge < -0.3 is 9.80 Å². The van der Waals surface area contributed by atoms with E-state index in [1.807, 2.05) is 0 Å². The second kappa shape index (κ2) is 8.12. The zero-order valence-corrected chi connectivity index (χ0v) is 15.0. The predicted octanol–water partition coefficient (Wildman–Crippen LogP) is 2.91. The zero-order chi connectivity index (χ0) is 15.4. The quantitative estimate of drug-likeness (QED) is 0.791. The second-order valence-electron chi connectivity index (χ2n) is 7.82. The summed E-state index contributed by atoms with van der Waals surface area (Å²) < 4.78 is 0. The van der Waals surface area contributed by atoms with Gasteiger partial charge in [-0.15, -0.1) is 0 Å². The second-order valence-corrected chi connectivity index (χ2v) is 7.82. The van der Waals surface area contributed by atoms with Crippen LogP contribution in [0.25, 0.3) is 0 Å². The molecule has 3 fully saturated rings. The van der Waals surface area contributed by atoms with E-state index in [4.69, 9.17) is 0 Å². The van der Waals surface area contributed by atoms with Gasteiger partial charge in [0, 0.05) is 32.2 Å². The third-order valence-corrected chi connectivity index (χ3v) is 6.80. The fourth-order valence-electron chi connectivity index (χ4n) is 5.15. The molecule has 0 aromatic heterocycles. The Labute approximate surface area is 138 Å². The van der Waals surface area contributed by atoms with Crippen molar-refractivity contribution in [3.63, 3.8) is 0 Å². The Balaban J connectivity index is 1.47. The molecular weight excluding hydrogens is 270 g/mol. The average Bonchev–Trinajstić information content (AvgIpc) is 2.62. The molecule has 3 rings (SSSR count). The van der Waals surface area contributed by atoms with Gasteiger partial charge in [-0.2, -0.15) is 0 Å². The van der Waals surface area contributed by atoms with Gasteiger partial charge in [-0.1, -0.05) is 26.7 Å². The molecule has 0 aromatic rings. The zero-order valence-electron chi connectivity index (χ0n) is 15.0. The highest BCUT2D eigenvalue weighted by molar-refractivity contribution is 4.87. The topological polar surface area (TPSA) is 9.72 Å². The lowest BCUT2D eigenvalue weighted by atomic mass is 9.73. The van der Waals surface area contributed by atoms with Gasteiger partial charge in [0.1, 0.15) is 0 Å². The largest absolute Gasteiger partial charge is 0.304 e. The molecule has 1 aliphatic carbocycles. The van der Waals surface area contributed by atoms with Gasteiger partial charge in [0.25, 0.3) is 0 Å². The lowest BCUT2D eigenvalue weighted by molar-refractivity contribution is 0.0473. The summed E-state index contributed by atoms with van der Waals surface area (Å²) in [6.07, 6.45) is 8.91. The van der Waals surface area contributed by atoms with Crippen molar-refractivity contribution in [3.05, 3.63) is 0 Å². The molecule has 22 heavy (non-hydrogen) atoms. The predicted molar refractivity (Wildman–Crippen MR) is 94.3 cm³/mol. The molecule has 0 spiro atoms. The van der Waals surface area contributed by atoms with Crippen LogP contribution in [0.1, 0.15) is 52.4 Å². The van der Waals surface area contributed by atoms with Crippen LogP contribution in [-0.2, 0) is 0 Å². The number of rotatable bonds is 4. The molecule has 0 bridgehead atoms. The highest BCUT2D eigenvalue weighted by Crippen LogP contribution is 2.37. The van der Waals surface area contributed by atoms with E-state index < -0.39 is 0 Å². The summed E-state index contributed by atoms with van der Waals surface area (Å²) in [4.78, 5) is 8.08. The Kier molecular flexibility index (Phi) is 6.17. The summed E-state index contributed by atoms with van der Waals surface area (Å²) in [5.74, 6) is 2.06. The van der Waals surface area contributed by atoms with Crippen molar-refractivity contribution < 1.29 is 0 Å². The lowest BCUT2D eigenvalue weighted by Crippen LogP contribution is -2.51. The van der Waals surface area contributed by atoms with Gasteiger partial charge >= 0.3 is 0 Å². The van der Waals surface area contributed by atoms with E-state index in [9.17, 15) is 0 Å². The SMILES string of the molecule is CCN1CCC(C2CCCC(N3CCN(CC)CC3)C2)CC1. The fraction of sp³-hybridized carbons (Fsp3) is 1.00. The Morgan fingerprint density at radius 3 is 1.95 bits per heavy atom. The van der Waals surface area contributed by atoms with Crippen molar-refractivity contribution in [2.24, 2.45) is 11.8 Å². The lowest BCUT2D eigenvalue weighted by Gasteiger charge is -2.45. The number of piperidine rings is 1. The van der Waals surface area contributed by atoms with Crippen LogP contribution < -0.4 is 0 Å². The van der Waals surface area contributed by atoms with Crippen molar-refractivity contribution >= 4 is 0 Å². The van der Waals surface area contributed by atoms with Crippen LogP contribution in [0.15, 0.2) is 0 Å². The van der Waals surface area contributed by atoms with Crippen molar-refractivity contribution in [2.75, 3.05) is 52.4 Å². The van der Waals surface area contributed by atoms with Gasteiger partial charge in [-0.25, -0.2) is 0 Å². The van der Waals surface area contributed by atoms with E-state index in [0.29, 0.717) is 0 Å². The molecule has 3 aliphatic rings. The Morgan fingerprint density at radius 1 is 0.682 bits per heavy atom. The monoisotopic (exact) mass is 307 g/mol. The third kappa shape index (κ3) is 4.04. The number of nitrogens with zero attached hydrogens (tertiary/aromatic N) is 3. The van der Waals surface area contributed by atoms with Gasteiger partial charge in [-0.05, 0) is 63.7 Å². The van der Waals surface area contributed by atoms with Crippen LogP contribution >= 0.6 is 0 Å². The first kappa shape index (κ1) is 16.7. The normalized spacial score (nSPS) is 34.1. The molecule has 2 unspecified atom stereocenters. The molecule has 0 radical (unpaired) electrons. The summed E-state index contributed by atoms with van der Waals surface area (Å²) in [6.45, 7) is 15.0. The maximum Gasteiger partial charge on any atom is 0.0113 e. The molecule has 0 amide bonds. The molecule has 1 saturated carbocycles. The van der Waals surface area contributed by atoms with Gasteiger partial charge in [0.2, 0.25) is 0 Å². The van der Waals surface area contributed by atoms with E-state index in [-0.39, 0.29) is 0 Å². The van der Waals surface area contributed by atoms with Crippen LogP contribution in [0.3, 0.4) is 0 Å². The number of hydrogen-bond donors (Lipinski definition) is 0. The van der Waals surface area contributed by atoms with E-state index in [1.165, 1.54) is 90.9 Å². The Bertz CT molecular complexity index is 287. The first-order chi connectivity index (χ1) is 10.8. The minimum atomic E-state index is 0.905. The molecular formula is C19H37N3. The molecule has 0 aromatic carbocycles. The van der Waals surface area contributed by atoms with Gasteiger partial charge in [-0.3, -0.25) is 4.90 Å². The van der Waals surface area contributed by atoms with Gasteiger partial charge in [0.15, 0.2) is 0 Å². The van der Waals surface area contributed by atoms with Crippen molar-refractivity contribution in [2.45, 2.75) is 58.4 Å². The summed E-state index contributed by atoms with van der Waals surface area (Å²) in [6, 6.07) is 0.905. The molecule has 2 saturated heterocycles. The van der Waals surface area contributed by atoms with E-state index >= 15 is 0 Å². The fourth-order valence-corrected chi connectivity index (χ4v) is 5.15. The first-order valence-electron chi connectivity index (χ1n) is 9.99. The molecule has 128 valence electrons. The number of hydrogen-bond acceptors (Lipinski definition) is 3. The molecule has 2 atom stereocenters. The number of likely N-dealkylation sites (N-methyl/N-ethyl adjacent to an activating group) is 1. The highest BCUT2D eigenvalue weighted by Gasteiger charge is 2.33. The number of likely N-dealkylation sites (tertiary alicyclic amines) is 1. The standard InChI is InChI=1S/C19H37N3/c1-3-20-10-8-17(9-11-20)18-6-5-7-19(16-18)22-14-12-21(4-2)13-15-22/h17-19H,3-16H2,1-2H3. The number of piperazine rings is 1. The molecule has 3 nitrogen and oxygen atoms in total. The first-order valence-corrected chi connectivity index (χ1v) is 9.99. The van der Waals surface area contributed by atoms with Crippen molar-refractivity contribution in [1.82, 2.24) is 14.7 Å². The maximum absolute atomic E-state index is 2.83. The minimum absolute atomic E-state index is 0.905. The Hall–Kier alpha value is -0.120. The summed E-state index contributed by atoms with van der Waals surface area (Å²) in [5.41, 5.74) is 0. The molecule has 2 aliphatic heterocycles. The van der Waals surface area contributed by atoms with E-state index in [0.717, 1.165) is 17.9 Å². The smallest absolute Gasteiger partial charge is 0.0113 e. The minimum Gasteiger partial charge on any atom is -0.304 e.